The van der Waals surface area contributed by atoms with Gasteiger partial charge in [-0.05, 0) is 129 Å². The second-order valence-corrected chi connectivity index (χ2v) is 14.6. The van der Waals surface area contributed by atoms with Gasteiger partial charge in [0.15, 0.2) is 0 Å². The van der Waals surface area contributed by atoms with E-state index in [1.807, 2.05) is 41.5 Å². The normalized spacial score (nSPS) is 49.7. The Labute approximate surface area is 232 Å². The van der Waals surface area contributed by atoms with Crippen LogP contribution in [0.2, 0.25) is 0 Å². The standard InChI is InChI=1S/C38H42/c1-7-13-31-19-32(14-8-2)21-33(20-31,15-9-3)27-37(25-31,26-32)38-28-34(16-10-4)22-35(29-38,17-11-5)24-36(23-34,30-38)18-12-6/h19-30H2,1-6H3. The molecule has 8 aliphatic rings. The largest absolute Gasteiger partial charge is 0.106 e. The zero-order valence-corrected chi connectivity index (χ0v) is 24.5. The molecule has 8 rings (SSSR count). The molecule has 0 radical (unpaired) electrons. The number of hydrogen-bond acceptors (Lipinski definition) is 0. The van der Waals surface area contributed by atoms with E-state index in [9.17, 15) is 0 Å². The van der Waals surface area contributed by atoms with Crippen molar-refractivity contribution >= 4 is 0 Å². The molecule has 0 atom stereocenters. The summed E-state index contributed by atoms with van der Waals surface area (Å²) >= 11 is 0. The lowest BCUT2D eigenvalue weighted by Gasteiger charge is -2.77. The molecule has 0 heterocycles. The Kier molecular flexibility index (Phi) is 5.36. The van der Waals surface area contributed by atoms with Gasteiger partial charge in [0.1, 0.15) is 0 Å². The second kappa shape index (κ2) is 7.95. The predicted octanol–water partition coefficient (Wildman–Crippen LogP) is 7.78. The summed E-state index contributed by atoms with van der Waals surface area (Å²) < 4.78 is 0. The van der Waals surface area contributed by atoms with Gasteiger partial charge in [-0.3, -0.25) is 0 Å². The lowest BCUT2D eigenvalue weighted by molar-refractivity contribution is -0.261. The SMILES string of the molecule is CC#CC12CC3(C#CC)CC(C#CC)(C1)CC(C14CC5(C#CC)CC(C#CC)(CC(C#CC)(C5)C1)C4)(C2)C3. The van der Waals surface area contributed by atoms with Gasteiger partial charge in [-0.2, -0.15) is 0 Å². The van der Waals surface area contributed by atoms with Crippen LogP contribution in [0.1, 0.15) is 119 Å². The first-order valence-corrected chi connectivity index (χ1v) is 14.7. The van der Waals surface area contributed by atoms with Gasteiger partial charge in [-0.1, -0.05) is 35.5 Å². The second-order valence-electron chi connectivity index (χ2n) is 14.6. The minimum absolute atomic E-state index is 0.0112. The molecule has 0 aromatic rings. The van der Waals surface area contributed by atoms with Crippen LogP contribution in [-0.2, 0) is 0 Å². The van der Waals surface area contributed by atoms with Gasteiger partial charge in [0.2, 0.25) is 0 Å². The third-order valence-corrected chi connectivity index (χ3v) is 11.6. The molecule has 8 bridgehead atoms. The highest BCUT2D eigenvalue weighted by Crippen LogP contribution is 2.85. The quantitative estimate of drug-likeness (QED) is 0.324. The van der Waals surface area contributed by atoms with E-state index in [-0.39, 0.29) is 43.3 Å². The number of rotatable bonds is 1. The summed E-state index contributed by atoms with van der Waals surface area (Å²) in [5.74, 6) is 43.5. The molecule has 0 aromatic heterocycles. The van der Waals surface area contributed by atoms with Crippen LogP contribution in [-0.4, -0.2) is 0 Å². The fourth-order valence-corrected chi connectivity index (χ4v) is 12.8. The topological polar surface area (TPSA) is 0 Å². The van der Waals surface area contributed by atoms with E-state index in [4.69, 9.17) is 0 Å². The Balaban J connectivity index is 1.63. The fraction of sp³-hybridized carbons (Fsp3) is 0.684. The van der Waals surface area contributed by atoms with Crippen LogP contribution in [0.3, 0.4) is 0 Å². The van der Waals surface area contributed by atoms with Crippen molar-refractivity contribution in [2.45, 2.75) is 119 Å². The summed E-state index contributed by atoms with van der Waals surface area (Å²) in [6.45, 7) is 12.2. The highest BCUT2D eigenvalue weighted by atomic mass is 14.8. The van der Waals surface area contributed by atoms with Gasteiger partial charge in [-0.25, -0.2) is 0 Å². The van der Waals surface area contributed by atoms with Gasteiger partial charge in [-0.15, -0.1) is 35.5 Å². The molecule has 0 aromatic carbocycles. The predicted molar refractivity (Wildman–Crippen MR) is 156 cm³/mol. The van der Waals surface area contributed by atoms with Crippen LogP contribution in [0.15, 0.2) is 0 Å². The smallest absolute Gasteiger partial charge is 0.0349 e. The first kappa shape index (κ1) is 25.6. The Hall–Kier alpha value is -2.64. The molecule has 8 saturated carbocycles. The Bertz CT molecular complexity index is 1150. The molecule has 0 N–H and O–H groups in total. The zero-order chi connectivity index (χ0) is 27.0. The molecular weight excluding hydrogens is 456 g/mol. The first-order chi connectivity index (χ1) is 18.1. The third-order valence-electron chi connectivity index (χ3n) is 11.6. The molecule has 38 heavy (non-hydrogen) atoms. The lowest BCUT2D eigenvalue weighted by atomic mass is 9.25. The summed E-state index contributed by atoms with van der Waals surface area (Å²) in [4.78, 5) is 0. The van der Waals surface area contributed by atoms with Crippen LogP contribution in [0.25, 0.3) is 0 Å². The van der Waals surface area contributed by atoms with Gasteiger partial charge in [0.05, 0.1) is 0 Å². The molecular formula is C38H42. The molecule has 8 aliphatic carbocycles. The maximum atomic E-state index is 3.85. The van der Waals surface area contributed by atoms with Crippen LogP contribution in [0.5, 0.6) is 0 Å². The van der Waals surface area contributed by atoms with E-state index in [1.165, 1.54) is 38.5 Å². The van der Waals surface area contributed by atoms with Crippen molar-refractivity contribution in [1.82, 2.24) is 0 Å². The average molecular weight is 499 g/mol. The minimum atomic E-state index is 0.0112. The first-order valence-electron chi connectivity index (χ1n) is 14.7. The Morgan fingerprint density at radius 1 is 0.263 bits per heavy atom. The highest BCUT2D eigenvalue weighted by molar-refractivity contribution is 5.42. The fourth-order valence-electron chi connectivity index (χ4n) is 12.8. The van der Waals surface area contributed by atoms with Crippen molar-refractivity contribution in [3.8, 4) is 71.0 Å². The summed E-state index contributed by atoms with van der Waals surface area (Å²) in [6.07, 6.45) is 13.9. The Morgan fingerprint density at radius 3 is 0.553 bits per heavy atom. The third kappa shape index (κ3) is 3.33. The van der Waals surface area contributed by atoms with E-state index in [1.54, 1.807) is 0 Å². The van der Waals surface area contributed by atoms with Crippen LogP contribution in [0, 0.1) is 114 Å². The van der Waals surface area contributed by atoms with Crippen molar-refractivity contribution < 1.29 is 0 Å². The molecule has 8 fully saturated rings. The van der Waals surface area contributed by atoms with E-state index >= 15 is 0 Å². The average Bonchev–Trinajstić information content (AvgIpc) is 2.77. The molecule has 0 nitrogen and oxygen atoms in total. The van der Waals surface area contributed by atoms with Crippen molar-refractivity contribution in [3.63, 3.8) is 0 Å². The molecule has 0 spiro atoms. The summed E-state index contributed by atoms with van der Waals surface area (Å²) in [7, 11) is 0. The van der Waals surface area contributed by atoms with Gasteiger partial charge < -0.3 is 0 Å². The highest BCUT2D eigenvalue weighted by Gasteiger charge is 2.78. The molecule has 0 saturated heterocycles. The molecule has 0 aliphatic heterocycles. The lowest BCUT2D eigenvalue weighted by Crippen LogP contribution is -2.71. The maximum absolute atomic E-state index is 3.85. The Morgan fingerprint density at radius 2 is 0.421 bits per heavy atom. The summed E-state index contributed by atoms with van der Waals surface area (Å²) in [5, 5.41) is 0. The molecule has 0 heteroatoms. The van der Waals surface area contributed by atoms with Gasteiger partial charge in [0, 0.05) is 32.5 Å². The zero-order valence-electron chi connectivity index (χ0n) is 24.5. The van der Waals surface area contributed by atoms with E-state index < -0.39 is 0 Å². The van der Waals surface area contributed by atoms with Gasteiger partial charge in [0.25, 0.3) is 0 Å². The van der Waals surface area contributed by atoms with Crippen molar-refractivity contribution in [1.29, 1.82) is 0 Å². The van der Waals surface area contributed by atoms with E-state index in [0.717, 1.165) is 38.5 Å². The van der Waals surface area contributed by atoms with Crippen LogP contribution < -0.4 is 0 Å². The summed E-state index contributed by atoms with van der Waals surface area (Å²) in [5.41, 5.74) is 0.378. The van der Waals surface area contributed by atoms with Crippen molar-refractivity contribution in [3.05, 3.63) is 0 Å². The molecule has 194 valence electrons. The van der Waals surface area contributed by atoms with Crippen molar-refractivity contribution in [2.24, 2.45) is 43.3 Å². The van der Waals surface area contributed by atoms with E-state index in [2.05, 4.69) is 71.0 Å². The minimum Gasteiger partial charge on any atom is -0.106 e. The monoisotopic (exact) mass is 498 g/mol. The van der Waals surface area contributed by atoms with Crippen LogP contribution >= 0.6 is 0 Å². The number of hydrogen-bond donors (Lipinski definition) is 0. The van der Waals surface area contributed by atoms with E-state index in [0.29, 0.717) is 0 Å². The maximum Gasteiger partial charge on any atom is 0.0349 e. The molecule has 0 unspecified atom stereocenters. The van der Waals surface area contributed by atoms with Gasteiger partial charge >= 0.3 is 0 Å². The van der Waals surface area contributed by atoms with Crippen LogP contribution in [0.4, 0.5) is 0 Å². The summed E-state index contributed by atoms with van der Waals surface area (Å²) in [6, 6.07) is 0. The van der Waals surface area contributed by atoms with Crippen molar-refractivity contribution in [2.75, 3.05) is 0 Å². The molecule has 0 amide bonds.